The van der Waals surface area contributed by atoms with Crippen LogP contribution in [0.5, 0.6) is 0 Å². The minimum atomic E-state index is -0.885. The summed E-state index contributed by atoms with van der Waals surface area (Å²) < 4.78 is 22.4. The van der Waals surface area contributed by atoms with Gasteiger partial charge < -0.3 is 30.0 Å². The fourth-order valence-corrected chi connectivity index (χ4v) is 2.94. The number of anilines is 2. The predicted octanol–water partition coefficient (Wildman–Crippen LogP) is 0.187. The number of rotatable bonds is 5. The van der Waals surface area contributed by atoms with Crippen LogP contribution < -0.4 is 11.1 Å². The van der Waals surface area contributed by atoms with Crippen molar-refractivity contribution in [2.24, 2.45) is 0 Å². The van der Waals surface area contributed by atoms with Gasteiger partial charge in [-0.2, -0.15) is 0 Å². The zero-order valence-electron chi connectivity index (χ0n) is 14.4. The summed E-state index contributed by atoms with van der Waals surface area (Å²) in [4.78, 5) is 29.1. The fraction of sp³-hybridized carbons (Fsp3) is 0.643. The zero-order valence-corrected chi connectivity index (χ0v) is 14.4. The van der Waals surface area contributed by atoms with Crippen molar-refractivity contribution in [3.05, 3.63) is 16.4 Å². The third-order valence-corrected chi connectivity index (χ3v) is 3.91. The molecular weight excluding hydrogens is 350 g/mol. The second-order valence-electron chi connectivity index (χ2n) is 6.32. The van der Waals surface area contributed by atoms with E-state index in [0.29, 0.717) is 0 Å². The first-order valence-corrected chi connectivity index (χ1v) is 7.84. The molecule has 26 heavy (non-hydrogen) atoms. The van der Waals surface area contributed by atoms with E-state index in [1.165, 1.54) is 6.92 Å². The van der Waals surface area contributed by atoms with Crippen LogP contribution in [-0.4, -0.2) is 57.8 Å². The number of ether oxygens (including phenoxy) is 4. The molecule has 2 aliphatic heterocycles. The first-order valence-electron chi connectivity index (χ1n) is 7.84. The van der Waals surface area contributed by atoms with Crippen molar-refractivity contribution in [2.75, 3.05) is 17.7 Å². The van der Waals surface area contributed by atoms with E-state index in [1.807, 2.05) is 0 Å². The highest BCUT2D eigenvalue weighted by molar-refractivity contribution is 5.67. The van der Waals surface area contributed by atoms with Gasteiger partial charge in [-0.25, -0.2) is 9.97 Å². The van der Waals surface area contributed by atoms with Crippen molar-refractivity contribution < 1.29 is 28.7 Å². The normalized spacial score (nSPS) is 29.2. The molecule has 1 unspecified atom stereocenters. The topological polar surface area (TPSA) is 161 Å². The summed E-state index contributed by atoms with van der Waals surface area (Å²) in [5, 5.41) is 14.1. The molecule has 0 saturated carbocycles. The summed E-state index contributed by atoms with van der Waals surface area (Å²) >= 11 is 0. The lowest BCUT2D eigenvalue weighted by atomic mass is 10.1. The minimum absolute atomic E-state index is 0.0396. The first-order chi connectivity index (χ1) is 12.2. The molecule has 1 aromatic rings. The Balaban J connectivity index is 1.83. The highest BCUT2D eigenvalue weighted by Gasteiger charge is 2.56. The Bertz CT molecular complexity index is 728. The van der Waals surface area contributed by atoms with Crippen LogP contribution in [-0.2, 0) is 23.7 Å². The number of nitrogens with zero attached hydrogens (tertiary/aromatic N) is 3. The summed E-state index contributed by atoms with van der Waals surface area (Å²) in [5.74, 6) is -1.72. The maximum Gasteiger partial charge on any atom is 0.353 e. The molecule has 2 saturated heterocycles. The van der Waals surface area contributed by atoms with Gasteiger partial charge in [0.2, 0.25) is 11.6 Å². The Morgan fingerprint density at radius 2 is 2.12 bits per heavy atom. The molecule has 12 nitrogen and oxygen atoms in total. The molecular formula is C14H19N5O7. The average molecular weight is 369 g/mol. The van der Waals surface area contributed by atoms with Crippen LogP contribution in [0.25, 0.3) is 0 Å². The highest BCUT2D eigenvalue weighted by atomic mass is 16.8. The number of hydrogen-bond acceptors (Lipinski definition) is 11. The van der Waals surface area contributed by atoms with E-state index in [4.69, 9.17) is 24.7 Å². The highest BCUT2D eigenvalue weighted by Crippen LogP contribution is 2.40. The van der Waals surface area contributed by atoms with Gasteiger partial charge in [0.1, 0.15) is 31.2 Å². The molecule has 4 atom stereocenters. The summed E-state index contributed by atoms with van der Waals surface area (Å²) in [6.07, 6.45) is -1.46. The van der Waals surface area contributed by atoms with Gasteiger partial charge in [-0.3, -0.25) is 14.9 Å². The molecule has 3 heterocycles. The Morgan fingerprint density at radius 3 is 2.77 bits per heavy atom. The lowest BCUT2D eigenvalue weighted by molar-refractivity contribution is -0.383. The quantitative estimate of drug-likeness (QED) is 0.414. The van der Waals surface area contributed by atoms with Gasteiger partial charge in [0, 0.05) is 6.92 Å². The standard InChI is InChI=1S/C14H19N5O7/c1-6(20)23-4-7-9-10(26-14(2,3)25-9)13(24-7)18-12-8(19(21)22)11(15)16-5-17-12/h5,7,9-10,13H,4H2,1-3H3,(H3,15,16,17,18)/t7-,9-,10-,13?/m1/s1. The molecule has 2 aliphatic rings. The van der Waals surface area contributed by atoms with E-state index >= 15 is 0 Å². The molecule has 0 bridgehead atoms. The number of nitrogens with one attached hydrogen (secondary N) is 1. The van der Waals surface area contributed by atoms with Crippen LogP contribution in [0, 0.1) is 10.1 Å². The molecule has 3 N–H and O–H groups in total. The van der Waals surface area contributed by atoms with Crippen LogP contribution in [0.4, 0.5) is 17.3 Å². The Hall–Kier alpha value is -2.57. The number of carbonyl (C=O) groups excluding carboxylic acids is 1. The number of carbonyl (C=O) groups is 1. The number of esters is 1. The van der Waals surface area contributed by atoms with Gasteiger partial charge in [0.15, 0.2) is 12.0 Å². The Kier molecular flexibility index (Phi) is 4.64. The molecule has 1 aromatic heterocycles. The summed E-state index contributed by atoms with van der Waals surface area (Å²) in [6.45, 7) is 4.71. The molecule has 2 fully saturated rings. The molecule has 0 amide bonds. The van der Waals surface area contributed by atoms with Crippen LogP contribution in [0.3, 0.4) is 0 Å². The minimum Gasteiger partial charge on any atom is -0.463 e. The second-order valence-corrected chi connectivity index (χ2v) is 6.32. The number of nitrogen functional groups attached to an aromatic ring is 1. The number of nitro groups is 1. The van der Waals surface area contributed by atoms with Crippen LogP contribution in [0.15, 0.2) is 6.33 Å². The van der Waals surface area contributed by atoms with Crippen molar-refractivity contribution in [1.82, 2.24) is 9.97 Å². The molecule has 0 aliphatic carbocycles. The number of nitrogens with two attached hydrogens (primary N) is 1. The van der Waals surface area contributed by atoms with Crippen molar-refractivity contribution in [3.63, 3.8) is 0 Å². The Labute approximate surface area is 148 Å². The smallest absolute Gasteiger partial charge is 0.353 e. The third-order valence-electron chi connectivity index (χ3n) is 3.91. The molecule has 0 radical (unpaired) electrons. The predicted molar refractivity (Wildman–Crippen MR) is 85.8 cm³/mol. The van der Waals surface area contributed by atoms with Crippen LogP contribution in [0.1, 0.15) is 20.8 Å². The van der Waals surface area contributed by atoms with Gasteiger partial charge in [-0.1, -0.05) is 0 Å². The van der Waals surface area contributed by atoms with E-state index in [2.05, 4.69) is 15.3 Å². The summed E-state index contributed by atoms with van der Waals surface area (Å²) in [7, 11) is 0. The molecule has 12 heteroatoms. The third kappa shape index (κ3) is 3.52. The van der Waals surface area contributed by atoms with Crippen molar-refractivity contribution in [1.29, 1.82) is 0 Å². The van der Waals surface area contributed by atoms with E-state index in [0.717, 1.165) is 6.33 Å². The summed E-state index contributed by atoms with van der Waals surface area (Å²) in [6, 6.07) is 0. The van der Waals surface area contributed by atoms with Gasteiger partial charge in [-0.15, -0.1) is 0 Å². The lowest BCUT2D eigenvalue weighted by Crippen LogP contribution is -2.35. The average Bonchev–Trinajstić information content (AvgIpc) is 2.99. The van der Waals surface area contributed by atoms with Crippen molar-refractivity contribution in [3.8, 4) is 0 Å². The van der Waals surface area contributed by atoms with Crippen LogP contribution >= 0.6 is 0 Å². The van der Waals surface area contributed by atoms with Crippen molar-refractivity contribution in [2.45, 2.75) is 51.1 Å². The van der Waals surface area contributed by atoms with E-state index in [1.54, 1.807) is 13.8 Å². The summed E-state index contributed by atoms with van der Waals surface area (Å²) in [5.41, 5.74) is 5.10. The van der Waals surface area contributed by atoms with Gasteiger partial charge >= 0.3 is 11.7 Å². The van der Waals surface area contributed by atoms with Crippen LogP contribution in [0.2, 0.25) is 0 Å². The van der Waals surface area contributed by atoms with Gasteiger partial charge in [0.25, 0.3) is 0 Å². The number of aromatic nitrogens is 2. The van der Waals surface area contributed by atoms with Crippen molar-refractivity contribution >= 4 is 23.3 Å². The fourth-order valence-electron chi connectivity index (χ4n) is 2.94. The molecule has 3 rings (SSSR count). The largest absolute Gasteiger partial charge is 0.463 e. The maximum atomic E-state index is 11.2. The van der Waals surface area contributed by atoms with Gasteiger partial charge in [-0.05, 0) is 13.8 Å². The van der Waals surface area contributed by atoms with Gasteiger partial charge in [0.05, 0.1) is 4.92 Å². The number of fused-ring (bicyclic) bond motifs is 1. The lowest BCUT2D eigenvalue weighted by Gasteiger charge is -2.24. The number of hydrogen-bond donors (Lipinski definition) is 2. The van der Waals surface area contributed by atoms with E-state index < -0.39 is 46.9 Å². The van der Waals surface area contributed by atoms with E-state index in [-0.39, 0.29) is 18.2 Å². The second kappa shape index (κ2) is 6.63. The zero-order chi connectivity index (χ0) is 19.1. The maximum absolute atomic E-state index is 11.2. The van der Waals surface area contributed by atoms with E-state index in [9.17, 15) is 14.9 Å². The SMILES string of the molecule is CC(=O)OC[C@H]1OC(Nc2ncnc(N)c2[N+](=O)[O-])[C@@H]2OC(C)(C)O[C@H]12. The first kappa shape index (κ1) is 18.2. The molecule has 0 spiro atoms. The molecule has 142 valence electrons. The monoisotopic (exact) mass is 369 g/mol. The Morgan fingerprint density at radius 1 is 1.42 bits per heavy atom. The molecule has 0 aromatic carbocycles.